The van der Waals surface area contributed by atoms with Crippen molar-refractivity contribution >= 4 is 21.7 Å². The average Bonchev–Trinajstić information content (AvgIpc) is 3.31. The molecule has 2 aliphatic rings. The largest absolute Gasteiger partial charge is 0.339 e. The highest BCUT2D eigenvalue weighted by molar-refractivity contribution is 7.91. The lowest BCUT2D eigenvalue weighted by molar-refractivity contribution is -0.130. The Labute approximate surface area is 176 Å². The normalized spacial score (nSPS) is 21.1. The van der Waals surface area contributed by atoms with Gasteiger partial charge in [0.25, 0.3) is 5.91 Å². The van der Waals surface area contributed by atoms with Gasteiger partial charge in [-0.15, -0.1) is 0 Å². The lowest BCUT2D eigenvalue weighted by Crippen LogP contribution is -2.50. The number of hydrogen-bond donors (Lipinski definition) is 0. The van der Waals surface area contributed by atoms with Crippen LogP contribution < -0.4 is 0 Å². The van der Waals surface area contributed by atoms with Gasteiger partial charge in [0.05, 0.1) is 23.2 Å². The van der Waals surface area contributed by atoms with Gasteiger partial charge in [-0.05, 0) is 25.0 Å². The zero-order valence-corrected chi connectivity index (χ0v) is 18.1. The molecule has 2 amide bonds. The van der Waals surface area contributed by atoms with Crippen LogP contribution >= 0.6 is 0 Å². The highest BCUT2D eigenvalue weighted by Gasteiger charge is 2.33. The van der Waals surface area contributed by atoms with Gasteiger partial charge >= 0.3 is 0 Å². The standard InChI is InChI=1S/C21H26N4O4S/c1-15-3-5-17(6-4-15)20-13-19(22-25(20)18-7-12-30(28,29)14-18)21(27)24-10-8-23(9-11-24)16(2)26/h3-6,13,18H,7-12,14H2,1-2H3. The zero-order chi connectivity index (χ0) is 21.5. The molecule has 3 heterocycles. The van der Waals surface area contributed by atoms with Gasteiger partial charge in [0.15, 0.2) is 15.5 Å². The molecule has 2 aromatic rings. The summed E-state index contributed by atoms with van der Waals surface area (Å²) < 4.78 is 25.8. The average molecular weight is 431 g/mol. The Morgan fingerprint density at radius 1 is 1.03 bits per heavy atom. The van der Waals surface area contributed by atoms with E-state index in [2.05, 4.69) is 5.10 Å². The van der Waals surface area contributed by atoms with Crippen LogP contribution in [0.5, 0.6) is 0 Å². The molecule has 8 nitrogen and oxygen atoms in total. The Bertz CT molecular complexity index is 1070. The fourth-order valence-corrected chi connectivity index (χ4v) is 5.76. The maximum Gasteiger partial charge on any atom is 0.274 e. The fourth-order valence-electron chi connectivity index (χ4n) is 4.07. The maximum absolute atomic E-state index is 13.1. The number of nitrogens with zero attached hydrogens (tertiary/aromatic N) is 4. The fraction of sp³-hybridized carbons (Fsp3) is 0.476. The van der Waals surface area contributed by atoms with Crippen LogP contribution in [-0.4, -0.2) is 77.5 Å². The Balaban J connectivity index is 1.64. The molecule has 0 spiro atoms. The minimum Gasteiger partial charge on any atom is -0.339 e. The van der Waals surface area contributed by atoms with Crippen molar-refractivity contribution in [3.8, 4) is 11.3 Å². The minimum atomic E-state index is -3.09. The van der Waals surface area contributed by atoms with Crippen LogP contribution in [0, 0.1) is 6.92 Å². The molecule has 9 heteroatoms. The molecule has 0 saturated carbocycles. The van der Waals surface area contributed by atoms with Gasteiger partial charge in [0, 0.05) is 33.1 Å². The topological polar surface area (TPSA) is 92.6 Å². The van der Waals surface area contributed by atoms with Gasteiger partial charge in [-0.1, -0.05) is 29.8 Å². The van der Waals surface area contributed by atoms with Crippen molar-refractivity contribution in [2.24, 2.45) is 0 Å². The van der Waals surface area contributed by atoms with E-state index in [4.69, 9.17) is 0 Å². The van der Waals surface area contributed by atoms with E-state index in [1.807, 2.05) is 31.2 Å². The van der Waals surface area contributed by atoms with E-state index in [-0.39, 0.29) is 29.4 Å². The Morgan fingerprint density at radius 2 is 1.67 bits per heavy atom. The summed E-state index contributed by atoms with van der Waals surface area (Å²) in [5.41, 5.74) is 3.08. The summed E-state index contributed by atoms with van der Waals surface area (Å²) in [4.78, 5) is 28.1. The molecule has 30 heavy (non-hydrogen) atoms. The highest BCUT2D eigenvalue weighted by atomic mass is 32.2. The van der Waals surface area contributed by atoms with Crippen molar-refractivity contribution in [2.75, 3.05) is 37.7 Å². The summed E-state index contributed by atoms with van der Waals surface area (Å²) >= 11 is 0. The van der Waals surface area contributed by atoms with Gasteiger partial charge in [0.1, 0.15) is 0 Å². The van der Waals surface area contributed by atoms with E-state index in [9.17, 15) is 18.0 Å². The predicted octanol–water partition coefficient (Wildman–Crippen LogP) is 1.52. The number of aryl methyl sites for hydroxylation is 1. The third-order valence-corrected chi connectivity index (χ3v) is 7.62. The van der Waals surface area contributed by atoms with E-state index in [1.165, 1.54) is 6.92 Å². The number of benzene rings is 1. The SMILES string of the molecule is CC(=O)N1CCN(C(=O)c2cc(-c3ccc(C)cc3)n(C3CCS(=O)(=O)C3)n2)CC1. The monoisotopic (exact) mass is 430 g/mol. The van der Waals surface area contributed by atoms with Crippen molar-refractivity contribution in [1.29, 1.82) is 0 Å². The first-order chi connectivity index (χ1) is 14.2. The molecule has 4 rings (SSSR count). The number of carbonyl (C=O) groups excluding carboxylic acids is 2. The molecule has 1 atom stereocenters. The number of sulfone groups is 1. The molecule has 0 N–H and O–H groups in total. The van der Waals surface area contributed by atoms with Gasteiger partial charge < -0.3 is 9.80 Å². The third kappa shape index (κ3) is 4.12. The number of aromatic nitrogens is 2. The van der Waals surface area contributed by atoms with Gasteiger partial charge in [-0.2, -0.15) is 5.10 Å². The summed E-state index contributed by atoms with van der Waals surface area (Å²) in [6.45, 7) is 5.47. The van der Waals surface area contributed by atoms with Crippen molar-refractivity contribution in [3.05, 3.63) is 41.6 Å². The van der Waals surface area contributed by atoms with Crippen molar-refractivity contribution in [2.45, 2.75) is 26.3 Å². The molecule has 2 aliphatic heterocycles. The van der Waals surface area contributed by atoms with Crippen LogP contribution in [-0.2, 0) is 14.6 Å². The Hall–Kier alpha value is -2.68. The van der Waals surface area contributed by atoms with E-state index in [0.29, 0.717) is 38.3 Å². The summed E-state index contributed by atoms with van der Waals surface area (Å²) in [5.74, 6) is 0.00113. The molecular weight excluding hydrogens is 404 g/mol. The van der Waals surface area contributed by atoms with Gasteiger partial charge in [0.2, 0.25) is 5.91 Å². The molecule has 0 aliphatic carbocycles. The molecule has 1 aromatic heterocycles. The summed E-state index contributed by atoms with van der Waals surface area (Å²) in [7, 11) is -3.09. The first-order valence-electron chi connectivity index (χ1n) is 10.2. The number of amides is 2. The Morgan fingerprint density at radius 3 is 2.23 bits per heavy atom. The van der Waals surface area contributed by atoms with Gasteiger partial charge in [-0.25, -0.2) is 8.42 Å². The maximum atomic E-state index is 13.1. The quantitative estimate of drug-likeness (QED) is 0.736. The first-order valence-corrected chi connectivity index (χ1v) is 12.0. The second-order valence-electron chi connectivity index (χ2n) is 8.08. The van der Waals surface area contributed by atoms with E-state index in [1.54, 1.807) is 20.5 Å². The molecule has 1 unspecified atom stereocenters. The first kappa shape index (κ1) is 20.6. The van der Waals surface area contributed by atoms with Crippen molar-refractivity contribution < 1.29 is 18.0 Å². The molecule has 160 valence electrons. The molecule has 2 fully saturated rings. The van der Waals surface area contributed by atoms with Gasteiger partial charge in [-0.3, -0.25) is 14.3 Å². The van der Waals surface area contributed by atoms with E-state index < -0.39 is 9.84 Å². The van der Waals surface area contributed by atoms with Crippen molar-refractivity contribution in [1.82, 2.24) is 19.6 Å². The highest BCUT2D eigenvalue weighted by Crippen LogP contribution is 2.30. The second kappa shape index (κ2) is 7.86. The lowest BCUT2D eigenvalue weighted by Gasteiger charge is -2.33. The smallest absolute Gasteiger partial charge is 0.274 e. The minimum absolute atomic E-state index is 0.00970. The number of piperazine rings is 1. The second-order valence-corrected chi connectivity index (χ2v) is 10.3. The zero-order valence-electron chi connectivity index (χ0n) is 17.2. The predicted molar refractivity (Wildman–Crippen MR) is 113 cm³/mol. The Kier molecular flexibility index (Phi) is 5.40. The third-order valence-electron chi connectivity index (χ3n) is 5.87. The van der Waals surface area contributed by atoms with Crippen molar-refractivity contribution in [3.63, 3.8) is 0 Å². The van der Waals surface area contributed by atoms with Crippen LogP contribution in [0.3, 0.4) is 0 Å². The molecule has 0 radical (unpaired) electrons. The summed E-state index contributed by atoms with van der Waals surface area (Å²) in [5, 5.41) is 4.57. The van der Waals surface area contributed by atoms with Crippen LogP contribution in [0.1, 0.15) is 35.4 Å². The molecule has 1 aromatic carbocycles. The summed E-state index contributed by atoms with van der Waals surface area (Å²) in [6, 6.07) is 9.39. The number of rotatable bonds is 3. The summed E-state index contributed by atoms with van der Waals surface area (Å²) in [6.07, 6.45) is 0.494. The van der Waals surface area contributed by atoms with E-state index in [0.717, 1.165) is 16.8 Å². The van der Waals surface area contributed by atoms with Crippen LogP contribution in [0.4, 0.5) is 0 Å². The van der Waals surface area contributed by atoms with Crippen LogP contribution in [0.15, 0.2) is 30.3 Å². The molecular formula is C21H26N4O4S. The van der Waals surface area contributed by atoms with Crippen LogP contribution in [0.25, 0.3) is 11.3 Å². The lowest BCUT2D eigenvalue weighted by atomic mass is 10.1. The molecule has 2 saturated heterocycles. The molecule has 0 bridgehead atoms. The van der Waals surface area contributed by atoms with E-state index >= 15 is 0 Å². The number of hydrogen-bond acceptors (Lipinski definition) is 5. The van der Waals surface area contributed by atoms with Crippen LogP contribution in [0.2, 0.25) is 0 Å². The number of carbonyl (C=O) groups is 2.